The van der Waals surface area contributed by atoms with E-state index in [9.17, 15) is 4.79 Å². The molecule has 0 radical (unpaired) electrons. The number of hydrogen-bond donors (Lipinski definition) is 1. The normalized spacial score (nSPS) is 22.9. The summed E-state index contributed by atoms with van der Waals surface area (Å²) in [6.07, 6.45) is 3.43. The van der Waals surface area contributed by atoms with Gasteiger partial charge in [-0.2, -0.15) is 0 Å². The van der Waals surface area contributed by atoms with Crippen LogP contribution in [0.2, 0.25) is 0 Å². The van der Waals surface area contributed by atoms with Crippen LogP contribution in [0.1, 0.15) is 26.2 Å². The highest BCUT2D eigenvalue weighted by molar-refractivity contribution is 5.96. The molecule has 2 fully saturated rings. The lowest BCUT2D eigenvalue weighted by Gasteiger charge is -2.31. The van der Waals surface area contributed by atoms with E-state index in [-0.39, 0.29) is 17.9 Å². The summed E-state index contributed by atoms with van der Waals surface area (Å²) in [6.45, 7) is 3.94. The third kappa shape index (κ3) is 3.05. The Hall–Kier alpha value is -1.55. The van der Waals surface area contributed by atoms with Crippen molar-refractivity contribution in [2.24, 2.45) is 11.8 Å². The minimum absolute atomic E-state index is 0.119. The van der Waals surface area contributed by atoms with Crippen molar-refractivity contribution in [3.05, 3.63) is 24.3 Å². The largest absolute Gasteiger partial charge is 0.497 e. The number of carbonyl (C=O) groups excluding carboxylic acids is 1. The van der Waals surface area contributed by atoms with Crippen LogP contribution in [0.15, 0.2) is 24.3 Å². The molecule has 2 aliphatic rings. The molecule has 1 aromatic carbocycles. The van der Waals surface area contributed by atoms with E-state index >= 15 is 0 Å². The number of rotatable bonds is 5. The Balaban J connectivity index is 1.84. The van der Waals surface area contributed by atoms with Crippen LogP contribution in [0.3, 0.4) is 0 Å². The van der Waals surface area contributed by atoms with Gasteiger partial charge in [0.2, 0.25) is 5.91 Å². The highest BCUT2D eigenvalue weighted by atomic mass is 16.5. The third-order valence-corrected chi connectivity index (χ3v) is 4.71. The van der Waals surface area contributed by atoms with E-state index in [0.717, 1.165) is 30.9 Å². The fourth-order valence-electron chi connectivity index (χ4n) is 3.16. The molecule has 4 heteroatoms. The van der Waals surface area contributed by atoms with Crippen molar-refractivity contribution in [3.63, 3.8) is 0 Å². The van der Waals surface area contributed by atoms with Gasteiger partial charge in [-0.05, 0) is 62.9 Å². The lowest BCUT2D eigenvalue weighted by atomic mass is 10.0. The Labute approximate surface area is 126 Å². The van der Waals surface area contributed by atoms with Crippen LogP contribution < -0.4 is 15.0 Å². The quantitative estimate of drug-likeness (QED) is 0.905. The van der Waals surface area contributed by atoms with Crippen LogP contribution in [0.25, 0.3) is 0 Å². The molecule has 1 saturated heterocycles. The first-order valence-corrected chi connectivity index (χ1v) is 7.88. The number of methoxy groups -OCH3 is 1. The molecule has 21 heavy (non-hydrogen) atoms. The van der Waals surface area contributed by atoms with E-state index in [2.05, 4.69) is 12.2 Å². The number of carbonyl (C=O) groups is 1. The van der Waals surface area contributed by atoms with Gasteiger partial charge in [0, 0.05) is 18.3 Å². The summed E-state index contributed by atoms with van der Waals surface area (Å²) in [6, 6.07) is 8.15. The molecule has 1 saturated carbocycles. The molecule has 3 rings (SSSR count). The number of amides is 1. The Kier molecular flexibility index (Phi) is 4.15. The Bertz CT molecular complexity index is 490. The van der Waals surface area contributed by atoms with Crippen LogP contribution in [0.4, 0.5) is 5.69 Å². The highest BCUT2D eigenvalue weighted by Crippen LogP contribution is 2.38. The number of nitrogens with zero attached hydrogens (tertiary/aromatic N) is 1. The second kappa shape index (κ2) is 6.06. The summed E-state index contributed by atoms with van der Waals surface area (Å²) >= 11 is 0. The van der Waals surface area contributed by atoms with Crippen molar-refractivity contribution in [1.29, 1.82) is 0 Å². The van der Waals surface area contributed by atoms with Gasteiger partial charge in [-0.25, -0.2) is 0 Å². The average molecular weight is 288 g/mol. The summed E-state index contributed by atoms with van der Waals surface area (Å²) < 4.78 is 5.22. The lowest BCUT2D eigenvalue weighted by Crippen LogP contribution is -2.44. The van der Waals surface area contributed by atoms with Crippen LogP contribution in [0, 0.1) is 11.8 Å². The van der Waals surface area contributed by atoms with Crippen LogP contribution in [-0.2, 0) is 4.79 Å². The molecule has 0 aromatic heterocycles. The molecule has 114 valence electrons. The molecule has 1 aromatic rings. The van der Waals surface area contributed by atoms with Crippen LogP contribution in [-0.4, -0.2) is 32.1 Å². The Morgan fingerprint density at radius 2 is 2.00 bits per heavy atom. The molecule has 0 spiro atoms. The second-order valence-electron chi connectivity index (χ2n) is 6.17. The number of nitrogens with one attached hydrogen (secondary N) is 1. The molecule has 1 amide bonds. The van der Waals surface area contributed by atoms with Gasteiger partial charge in [0.1, 0.15) is 5.75 Å². The van der Waals surface area contributed by atoms with Gasteiger partial charge in [0.25, 0.3) is 0 Å². The molecule has 0 bridgehead atoms. The van der Waals surface area contributed by atoms with Crippen molar-refractivity contribution < 1.29 is 9.53 Å². The zero-order valence-corrected chi connectivity index (χ0v) is 12.8. The fourth-order valence-corrected chi connectivity index (χ4v) is 3.16. The maximum Gasteiger partial charge on any atom is 0.231 e. The van der Waals surface area contributed by atoms with E-state index < -0.39 is 0 Å². The second-order valence-corrected chi connectivity index (χ2v) is 6.17. The Morgan fingerprint density at radius 3 is 2.52 bits per heavy atom. The lowest BCUT2D eigenvalue weighted by molar-refractivity contribution is -0.122. The van der Waals surface area contributed by atoms with E-state index in [1.54, 1.807) is 7.11 Å². The summed E-state index contributed by atoms with van der Waals surface area (Å²) in [5.41, 5.74) is 0.993. The monoisotopic (exact) mass is 288 g/mol. The van der Waals surface area contributed by atoms with Crippen LogP contribution >= 0.6 is 0 Å². The van der Waals surface area contributed by atoms with E-state index in [1.165, 1.54) is 12.8 Å². The van der Waals surface area contributed by atoms with Gasteiger partial charge in [-0.3, -0.25) is 4.79 Å². The van der Waals surface area contributed by atoms with Crippen molar-refractivity contribution >= 4 is 11.6 Å². The van der Waals surface area contributed by atoms with Crippen molar-refractivity contribution in [2.75, 3.05) is 25.1 Å². The van der Waals surface area contributed by atoms with Gasteiger partial charge < -0.3 is 15.0 Å². The molecule has 1 heterocycles. The molecule has 1 aliphatic carbocycles. The van der Waals surface area contributed by atoms with Crippen LogP contribution in [0.5, 0.6) is 5.75 Å². The topological polar surface area (TPSA) is 41.6 Å². The average Bonchev–Trinajstić information content (AvgIpc) is 3.22. The first kappa shape index (κ1) is 14.4. The maximum atomic E-state index is 12.9. The van der Waals surface area contributed by atoms with Gasteiger partial charge in [0.15, 0.2) is 0 Å². The molecular weight excluding hydrogens is 264 g/mol. The highest BCUT2D eigenvalue weighted by Gasteiger charge is 2.38. The fraction of sp³-hybridized carbons (Fsp3) is 0.588. The molecule has 1 N–H and O–H groups in total. The minimum atomic E-state index is 0.119. The maximum absolute atomic E-state index is 12.9. The van der Waals surface area contributed by atoms with Gasteiger partial charge >= 0.3 is 0 Å². The smallest absolute Gasteiger partial charge is 0.231 e. The molecule has 4 nitrogen and oxygen atoms in total. The minimum Gasteiger partial charge on any atom is -0.497 e. The van der Waals surface area contributed by atoms with Crippen molar-refractivity contribution in [1.82, 2.24) is 5.32 Å². The standard InChI is InChI=1S/C17H24N2O2/c1-12(13-3-4-13)19(17(20)14-9-10-18-11-14)15-5-7-16(21-2)8-6-15/h5-8,12-14,18H,3-4,9-11H2,1-2H3. The molecular formula is C17H24N2O2. The van der Waals surface area contributed by atoms with E-state index in [4.69, 9.17) is 4.74 Å². The number of hydrogen-bond acceptors (Lipinski definition) is 3. The number of anilines is 1. The van der Waals surface area contributed by atoms with Gasteiger partial charge in [-0.15, -0.1) is 0 Å². The number of ether oxygens (including phenoxy) is 1. The zero-order valence-electron chi connectivity index (χ0n) is 12.8. The predicted molar refractivity (Wildman–Crippen MR) is 83.6 cm³/mol. The molecule has 1 aliphatic heterocycles. The van der Waals surface area contributed by atoms with Crippen molar-refractivity contribution in [2.45, 2.75) is 32.2 Å². The summed E-state index contributed by atoms with van der Waals surface area (Å²) in [5, 5.41) is 3.29. The summed E-state index contributed by atoms with van der Waals surface area (Å²) in [4.78, 5) is 15.0. The van der Waals surface area contributed by atoms with Gasteiger partial charge in [-0.1, -0.05) is 0 Å². The molecule has 2 unspecified atom stereocenters. The van der Waals surface area contributed by atoms with Crippen molar-refractivity contribution in [3.8, 4) is 5.75 Å². The Morgan fingerprint density at radius 1 is 1.29 bits per heavy atom. The summed E-state index contributed by atoms with van der Waals surface area (Å²) in [7, 11) is 1.66. The van der Waals surface area contributed by atoms with E-state index in [0.29, 0.717) is 5.92 Å². The molecule has 2 atom stereocenters. The zero-order chi connectivity index (χ0) is 14.8. The van der Waals surface area contributed by atoms with E-state index in [1.807, 2.05) is 29.2 Å². The first-order chi connectivity index (χ1) is 10.2. The third-order valence-electron chi connectivity index (χ3n) is 4.71. The number of benzene rings is 1. The summed E-state index contributed by atoms with van der Waals surface area (Å²) in [5.74, 6) is 1.87. The van der Waals surface area contributed by atoms with Gasteiger partial charge in [0.05, 0.1) is 13.0 Å². The first-order valence-electron chi connectivity index (χ1n) is 7.88. The SMILES string of the molecule is COc1ccc(N(C(=O)C2CCNC2)C(C)C2CC2)cc1. The predicted octanol–water partition coefficient (Wildman–Crippen LogP) is 2.44.